The van der Waals surface area contributed by atoms with E-state index in [4.69, 9.17) is 34.4 Å². The number of carbonyl (C=O) groups is 5. The fourth-order valence-electron chi connectivity index (χ4n) is 3.34. The fourth-order valence-corrected chi connectivity index (χ4v) is 3.34. The molecule has 5 atom stereocenters. The van der Waals surface area contributed by atoms with Gasteiger partial charge in [0, 0.05) is 13.1 Å². The van der Waals surface area contributed by atoms with E-state index >= 15 is 0 Å². The third kappa shape index (κ3) is 15.0. The third-order valence-electron chi connectivity index (χ3n) is 5.69. The van der Waals surface area contributed by atoms with Crippen LogP contribution in [-0.2, 0) is 24.0 Å². The highest BCUT2D eigenvalue weighted by Crippen LogP contribution is 2.10. The second kappa shape index (κ2) is 18.2. The summed E-state index contributed by atoms with van der Waals surface area (Å²) in [6.45, 7) is 3.74. The molecular formula is C22H43N11O6. The standard InChI is InChI=1S/C22H43N11O6/c1-3-11(2)16(20(38)39)33-19(37)14(7-5-9-30-22(27)28)32-18(36)13(6-4-8-29-21(25)26)31-17(35)12(23)10-15(24)34/h11-14,16H,3-10,23H2,1-2H3,(H2,24,34)(H,31,35)(H,32,36)(H,33,37)(H,38,39)(H4,25,26,29)(H4,27,28,30). The van der Waals surface area contributed by atoms with Crippen LogP contribution in [0.1, 0.15) is 52.4 Å². The number of primary amides is 1. The zero-order valence-corrected chi connectivity index (χ0v) is 22.4. The van der Waals surface area contributed by atoms with Crippen molar-refractivity contribution < 1.29 is 29.1 Å². The molecule has 0 rings (SSSR count). The van der Waals surface area contributed by atoms with E-state index < -0.39 is 66.1 Å². The summed E-state index contributed by atoms with van der Waals surface area (Å²) in [5.74, 6) is -5.04. The average Bonchev–Trinajstić information content (AvgIpc) is 2.84. The van der Waals surface area contributed by atoms with Gasteiger partial charge in [-0.25, -0.2) is 4.79 Å². The number of nitrogens with zero attached hydrogens (tertiary/aromatic N) is 2. The first-order chi connectivity index (χ1) is 18.2. The molecule has 0 aromatic heterocycles. The zero-order chi connectivity index (χ0) is 30.1. The number of carboxylic acid groups (broad SMARTS) is 1. The second-order valence-corrected chi connectivity index (χ2v) is 9.01. The molecule has 0 heterocycles. The number of nitrogens with two attached hydrogens (primary N) is 6. The van der Waals surface area contributed by atoms with Gasteiger partial charge in [-0.1, -0.05) is 20.3 Å². The molecule has 16 N–H and O–H groups in total. The minimum absolute atomic E-state index is 0.0462. The molecule has 0 fully saturated rings. The van der Waals surface area contributed by atoms with Crippen LogP contribution in [0.4, 0.5) is 0 Å². The Morgan fingerprint density at radius 1 is 0.769 bits per heavy atom. The van der Waals surface area contributed by atoms with Gasteiger partial charge in [-0.3, -0.25) is 29.2 Å². The number of aliphatic imine (C=N–C) groups is 2. The maximum absolute atomic E-state index is 13.2. The average molecular weight is 558 g/mol. The Kier molecular flexibility index (Phi) is 16.2. The van der Waals surface area contributed by atoms with E-state index in [1.165, 1.54) is 0 Å². The van der Waals surface area contributed by atoms with Crippen LogP contribution >= 0.6 is 0 Å². The number of guanidine groups is 2. The molecule has 5 unspecified atom stereocenters. The van der Waals surface area contributed by atoms with Crippen LogP contribution in [-0.4, -0.2) is 83.9 Å². The van der Waals surface area contributed by atoms with Crippen LogP contribution < -0.4 is 50.4 Å². The monoisotopic (exact) mass is 557 g/mol. The van der Waals surface area contributed by atoms with Crippen molar-refractivity contribution in [2.45, 2.75) is 76.5 Å². The number of carboxylic acids is 1. The second-order valence-electron chi connectivity index (χ2n) is 9.01. The summed E-state index contributed by atoms with van der Waals surface area (Å²) in [6.07, 6.45) is 0.659. The molecule has 17 heteroatoms. The Hall–Kier alpha value is -4.15. The fraction of sp³-hybridized carbons (Fsp3) is 0.682. The van der Waals surface area contributed by atoms with Crippen molar-refractivity contribution in [3.63, 3.8) is 0 Å². The quantitative estimate of drug-likeness (QED) is 0.0413. The van der Waals surface area contributed by atoms with Crippen LogP contribution in [0.5, 0.6) is 0 Å². The zero-order valence-electron chi connectivity index (χ0n) is 22.4. The van der Waals surface area contributed by atoms with E-state index in [0.29, 0.717) is 6.42 Å². The summed E-state index contributed by atoms with van der Waals surface area (Å²) < 4.78 is 0. The minimum Gasteiger partial charge on any atom is -0.480 e. The van der Waals surface area contributed by atoms with E-state index in [1.54, 1.807) is 13.8 Å². The Labute approximate surface area is 226 Å². The molecule has 17 nitrogen and oxygen atoms in total. The first kappa shape index (κ1) is 34.9. The molecule has 0 aliphatic heterocycles. The number of hydrogen-bond acceptors (Lipinski definition) is 8. The van der Waals surface area contributed by atoms with Gasteiger partial charge in [0.15, 0.2) is 11.9 Å². The van der Waals surface area contributed by atoms with Crippen molar-refractivity contribution in [3.8, 4) is 0 Å². The molecule has 0 bridgehead atoms. The minimum atomic E-state index is -1.30. The van der Waals surface area contributed by atoms with Gasteiger partial charge in [0.2, 0.25) is 23.6 Å². The molecule has 0 radical (unpaired) electrons. The van der Waals surface area contributed by atoms with Crippen molar-refractivity contribution in [2.24, 2.45) is 50.3 Å². The van der Waals surface area contributed by atoms with Crippen LogP contribution in [0.2, 0.25) is 0 Å². The summed E-state index contributed by atoms with van der Waals surface area (Å²) in [4.78, 5) is 69.3. The number of hydrogen-bond donors (Lipinski definition) is 10. The Morgan fingerprint density at radius 3 is 1.59 bits per heavy atom. The highest BCUT2D eigenvalue weighted by atomic mass is 16.4. The van der Waals surface area contributed by atoms with Crippen molar-refractivity contribution in [1.29, 1.82) is 0 Å². The van der Waals surface area contributed by atoms with E-state index in [9.17, 15) is 29.1 Å². The molecule has 0 aliphatic rings. The van der Waals surface area contributed by atoms with Crippen molar-refractivity contribution in [1.82, 2.24) is 16.0 Å². The summed E-state index contributed by atoms with van der Waals surface area (Å²) in [5, 5.41) is 17.0. The molecule has 0 aliphatic carbocycles. The van der Waals surface area contributed by atoms with Gasteiger partial charge in [-0.05, 0) is 31.6 Å². The molecule has 4 amide bonds. The predicted molar refractivity (Wildman–Crippen MR) is 144 cm³/mol. The molecular weight excluding hydrogens is 514 g/mol. The van der Waals surface area contributed by atoms with E-state index in [-0.39, 0.29) is 50.7 Å². The van der Waals surface area contributed by atoms with Gasteiger partial charge in [0.05, 0.1) is 12.5 Å². The van der Waals surface area contributed by atoms with Crippen LogP contribution in [0, 0.1) is 5.92 Å². The Bertz CT molecular complexity index is 903. The number of carbonyl (C=O) groups excluding carboxylic acids is 4. The first-order valence-electron chi connectivity index (χ1n) is 12.5. The maximum atomic E-state index is 13.2. The van der Waals surface area contributed by atoms with Gasteiger partial charge < -0.3 is 55.5 Å². The lowest BCUT2D eigenvalue weighted by Crippen LogP contribution is -2.57. The van der Waals surface area contributed by atoms with Crippen LogP contribution in [0.25, 0.3) is 0 Å². The van der Waals surface area contributed by atoms with Crippen molar-refractivity contribution in [3.05, 3.63) is 0 Å². The largest absolute Gasteiger partial charge is 0.480 e. The Morgan fingerprint density at radius 2 is 1.21 bits per heavy atom. The molecule has 0 aromatic carbocycles. The molecule has 39 heavy (non-hydrogen) atoms. The van der Waals surface area contributed by atoms with E-state index in [1.807, 2.05) is 0 Å². The highest BCUT2D eigenvalue weighted by Gasteiger charge is 2.31. The Balaban J connectivity index is 5.82. The first-order valence-corrected chi connectivity index (χ1v) is 12.5. The van der Waals surface area contributed by atoms with Gasteiger partial charge in [0.1, 0.15) is 18.1 Å². The smallest absolute Gasteiger partial charge is 0.326 e. The summed E-state index contributed by atoms with van der Waals surface area (Å²) in [7, 11) is 0. The predicted octanol–water partition coefficient (Wildman–Crippen LogP) is -4.12. The summed E-state index contributed by atoms with van der Waals surface area (Å²) in [5.41, 5.74) is 32.0. The summed E-state index contributed by atoms with van der Waals surface area (Å²) >= 11 is 0. The van der Waals surface area contributed by atoms with Gasteiger partial charge in [-0.15, -0.1) is 0 Å². The van der Waals surface area contributed by atoms with Crippen molar-refractivity contribution in [2.75, 3.05) is 13.1 Å². The van der Waals surface area contributed by atoms with Crippen molar-refractivity contribution >= 4 is 41.5 Å². The van der Waals surface area contributed by atoms with Gasteiger partial charge >= 0.3 is 5.97 Å². The summed E-state index contributed by atoms with van der Waals surface area (Å²) in [6, 6.07) is -4.87. The van der Waals surface area contributed by atoms with Crippen LogP contribution in [0.3, 0.4) is 0 Å². The third-order valence-corrected chi connectivity index (χ3v) is 5.69. The number of rotatable bonds is 19. The lowest BCUT2D eigenvalue weighted by atomic mass is 9.98. The maximum Gasteiger partial charge on any atom is 0.326 e. The van der Waals surface area contributed by atoms with E-state index in [2.05, 4.69) is 25.9 Å². The number of nitrogens with one attached hydrogen (secondary N) is 3. The molecule has 0 saturated carbocycles. The van der Waals surface area contributed by atoms with Gasteiger partial charge in [-0.2, -0.15) is 0 Å². The number of aliphatic carboxylic acids is 1. The van der Waals surface area contributed by atoms with E-state index in [0.717, 1.165) is 0 Å². The van der Waals surface area contributed by atoms with Gasteiger partial charge in [0.25, 0.3) is 0 Å². The van der Waals surface area contributed by atoms with Crippen LogP contribution in [0.15, 0.2) is 9.98 Å². The normalized spacial score (nSPS) is 14.4. The number of amides is 4. The molecule has 0 aromatic rings. The molecule has 0 saturated heterocycles. The molecule has 0 spiro atoms. The topological polar surface area (TPSA) is 323 Å². The lowest BCUT2D eigenvalue weighted by Gasteiger charge is -2.26. The SMILES string of the molecule is CCC(C)C(NC(=O)C(CCCN=C(N)N)NC(=O)C(CCCN=C(N)N)NC(=O)C(N)CC(N)=O)C(=O)O. The molecule has 222 valence electrons. The highest BCUT2D eigenvalue weighted by molar-refractivity contribution is 5.95. The lowest BCUT2D eigenvalue weighted by molar-refractivity contribution is -0.144.